The van der Waals surface area contributed by atoms with Gasteiger partial charge in [0.25, 0.3) is 11.5 Å². The number of aromatic amines is 1. The van der Waals surface area contributed by atoms with E-state index in [0.717, 1.165) is 0 Å². The van der Waals surface area contributed by atoms with Gasteiger partial charge in [-0.2, -0.15) is 4.98 Å². The van der Waals surface area contributed by atoms with Crippen molar-refractivity contribution >= 4 is 40.7 Å². The van der Waals surface area contributed by atoms with E-state index in [9.17, 15) is 24.0 Å². The maximum absolute atomic E-state index is 12.8. The van der Waals surface area contributed by atoms with Crippen molar-refractivity contribution in [2.24, 2.45) is 5.41 Å². The third-order valence-corrected chi connectivity index (χ3v) is 5.61. The molecule has 40 heavy (non-hydrogen) atoms. The highest BCUT2D eigenvalue weighted by Crippen LogP contribution is 2.16. The SMILES string of the molecule is COC(=O)CC[C@H](NC(=O)c1cccc(C#Cc2cnc3nc(NC(=O)C(C)(C)C)[nH]c(=O)c3c2)c1)C(=O)OC. The van der Waals surface area contributed by atoms with Gasteiger partial charge in [0, 0.05) is 34.7 Å². The minimum atomic E-state index is -1.04. The summed E-state index contributed by atoms with van der Waals surface area (Å²) in [5.74, 6) is 3.74. The number of pyridine rings is 1. The van der Waals surface area contributed by atoms with Crippen LogP contribution in [-0.4, -0.2) is 59.0 Å². The van der Waals surface area contributed by atoms with Gasteiger partial charge in [-0.1, -0.05) is 38.7 Å². The lowest BCUT2D eigenvalue weighted by molar-refractivity contribution is -0.144. The predicted molar refractivity (Wildman–Crippen MR) is 145 cm³/mol. The van der Waals surface area contributed by atoms with Gasteiger partial charge in [-0.05, 0) is 30.7 Å². The van der Waals surface area contributed by atoms with Gasteiger partial charge >= 0.3 is 11.9 Å². The number of esters is 2. The van der Waals surface area contributed by atoms with Gasteiger partial charge in [0.15, 0.2) is 5.65 Å². The molecule has 0 aliphatic carbocycles. The summed E-state index contributed by atoms with van der Waals surface area (Å²) in [5.41, 5.74) is 0.132. The Morgan fingerprint density at radius 1 is 1.05 bits per heavy atom. The topological polar surface area (TPSA) is 169 Å². The zero-order chi connectivity index (χ0) is 29.4. The number of ether oxygens (including phenoxy) is 2. The molecule has 3 N–H and O–H groups in total. The van der Waals surface area contributed by atoms with E-state index in [1.54, 1.807) is 39.0 Å². The molecule has 0 radical (unpaired) electrons. The van der Waals surface area contributed by atoms with Gasteiger partial charge in [0.2, 0.25) is 11.9 Å². The molecule has 12 nitrogen and oxygen atoms in total. The number of methoxy groups -OCH3 is 2. The summed E-state index contributed by atoms with van der Waals surface area (Å²) in [6, 6.07) is 6.88. The Hall–Kier alpha value is -5.05. The van der Waals surface area contributed by atoms with Gasteiger partial charge in [-0.25, -0.2) is 9.78 Å². The Bertz CT molecular complexity index is 1580. The Morgan fingerprint density at radius 2 is 1.77 bits per heavy atom. The minimum absolute atomic E-state index is 0.00131. The molecule has 3 aromatic rings. The summed E-state index contributed by atoms with van der Waals surface area (Å²) in [5, 5.41) is 5.33. The van der Waals surface area contributed by atoms with Crippen molar-refractivity contribution in [2.45, 2.75) is 39.7 Å². The number of fused-ring (bicyclic) bond motifs is 1. The van der Waals surface area contributed by atoms with Crippen LogP contribution in [0.2, 0.25) is 0 Å². The van der Waals surface area contributed by atoms with Crippen LogP contribution < -0.4 is 16.2 Å². The second-order valence-electron chi connectivity index (χ2n) is 9.71. The number of nitrogens with zero attached hydrogens (tertiary/aromatic N) is 2. The van der Waals surface area contributed by atoms with Crippen LogP contribution in [0.25, 0.3) is 11.0 Å². The quantitative estimate of drug-likeness (QED) is 0.295. The van der Waals surface area contributed by atoms with Gasteiger partial charge in [-0.15, -0.1) is 0 Å². The molecule has 0 saturated heterocycles. The second kappa shape index (κ2) is 12.7. The molecule has 2 heterocycles. The number of hydrogen-bond donors (Lipinski definition) is 3. The lowest BCUT2D eigenvalue weighted by Crippen LogP contribution is -2.41. The molecule has 1 atom stereocenters. The summed E-state index contributed by atoms with van der Waals surface area (Å²) < 4.78 is 9.30. The van der Waals surface area contributed by atoms with Crippen LogP contribution >= 0.6 is 0 Å². The van der Waals surface area contributed by atoms with Gasteiger partial charge < -0.3 is 14.8 Å². The first kappa shape index (κ1) is 29.5. The van der Waals surface area contributed by atoms with E-state index in [1.165, 1.54) is 32.5 Å². The zero-order valence-electron chi connectivity index (χ0n) is 22.7. The normalized spacial score (nSPS) is 11.5. The van der Waals surface area contributed by atoms with E-state index in [-0.39, 0.29) is 41.3 Å². The number of amides is 2. The lowest BCUT2D eigenvalue weighted by atomic mass is 9.96. The first-order chi connectivity index (χ1) is 18.9. The van der Waals surface area contributed by atoms with E-state index >= 15 is 0 Å². The van der Waals surface area contributed by atoms with Crippen molar-refractivity contribution < 1.29 is 28.7 Å². The third-order valence-electron chi connectivity index (χ3n) is 5.61. The van der Waals surface area contributed by atoms with Gasteiger partial charge in [0.05, 0.1) is 19.6 Å². The van der Waals surface area contributed by atoms with Crippen LogP contribution in [0.1, 0.15) is 55.1 Å². The predicted octanol–water partition coefficient (Wildman–Crippen LogP) is 1.93. The van der Waals surface area contributed by atoms with Crippen LogP contribution in [-0.2, 0) is 23.9 Å². The summed E-state index contributed by atoms with van der Waals surface area (Å²) in [6.07, 6.45) is 1.38. The third kappa shape index (κ3) is 7.73. The summed E-state index contributed by atoms with van der Waals surface area (Å²) in [7, 11) is 2.42. The average molecular weight is 548 g/mol. The summed E-state index contributed by atoms with van der Waals surface area (Å²) in [4.78, 5) is 72.0. The maximum Gasteiger partial charge on any atom is 0.328 e. The molecule has 2 aromatic heterocycles. The molecule has 0 unspecified atom stereocenters. The number of hydrogen-bond acceptors (Lipinski definition) is 9. The fourth-order valence-corrected chi connectivity index (χ4v) is 3.32. The van der Waals surface area contributed by atoms with E-state index in [1.807, 2.05) is 0 Å². The van der Waals surface area contributed by atoms with E-state index < -0.39 is 34.9 Å². The Balaban J connectivity index is 1.78. The largest absolute Gasteiger partial charge is 0.469 e. The maximum atomic E-state index is 12.8. The fraction of sp³-hybridized carbons (Fsp3) is 0.321. The van der Waals surface area contributed by atoms with Crippen molar-refractivity contribution in [2.75, 3.05) is 19.5 Å². The molecule has 2 amide bonds. The highest BCUT2D eigenvalue weighted by atomic mass is 16.5. The zero-order valence-corrected chi connectivity index (χ0v) is 22.7. The summed E-state index contributed by atoms with van der Waals surface area (Å²) >= 11 is 0. The Morgan fingerprint density at radius 3 is 2.45 bits per heavy atom. The molecule has 3 rings (SSSR count). The van der Waals surface area contributed by atoms with Crippen LogP contribution in [0.3, 0.4) is 0 Å². The first-order valence-electron chi connectivity index (χ1n) is 12.2. The van der Waals surface area contributed by atoms with Crippen molar-refractivity contribution in [3.05, 3.63) is 63.6 Å². The Labute approximate surface area is 229 Å². The molecule has 12 heteroatoms. The second-order valence-corrected chi connectivity index (χ2v) is 9.71. The molecule has 0 saturated carbocycles. The molecule has 208 valence electrons. The molecule has 0 aliphatic heterocycles. The van der Waals surface area contributed by atoms with Crippen LogP contribution in [0, 0.1) is 17.3 Å². The molecule has 1 aromatic carbocycles. The summed E-state index contributed by atoms with van der Waals surface area (Å²) in [6.45, 7) is 5.21. The van der Waals surface area contributed by atoms with Crippen molar-refractivity contribution in [1.29, 1.82) is 0 Å². The molecule has 0 bridgehead atoms. The number of aromatic nitrogens is 3. The number of H-pyrrole nitrogens is 1. The minimum Gasteiger partial charge on any atom is -0.469 e. The van der Waals surface area contributed by atoms with E-state index in [2.05, 4.69) is 42.2 Å². The lowest BCUT2D eigenvalue weighted by Gasteiger charge is -2.16. The number of anilines is 1. The van der Waals surface area contributed by atoms with Gasteiger partial charge in [-0.3, -0.25) is 29.5 Å². The van der Waals surface area contributed by atoms with E-state index in [4.69, 9.17) is 4.74 Å². The standard InChI is InChI=1S/C28H29N5O7/c1-28(2,3)26(38)33-27-31-22-19(24(36)32-27)14-17(15-29-22)10-9-16-7-6-8-18(13-16)23(35)30-20(25(37)40-5)11-12-21(34)39-4/h6-8,13-15,20H,11-12H2,1-5H3,(H,30,35)(H2,29,31,32,33,36,38)/t20-/m0/s1. The molecule has 0 fully saturated rings. The molecule has 0 aliphatic rings. The Kier molecular flexibility index (Phi) is 9.34. The highest BCUT2D eigenvalue weighted by Gasteiger charge is 2.24. The number of rotatable bonds is 7. The van der Waals surface area contributed by atoms with E-state index in [0.29, 0.717) is 11.1 Å². The van der Waals surface area contributed by atoms with Crippen LogP contribution in [0.5, 0.6) is 0 Å². The van der Waals surface area contributed by atoms with Crippen LogP contribution in [0.4, 0.5) is 5.95 Å². The molecular formula is C28H29N5O7. The smallest absolute Gasteiger partial charge is 0.328 e. The first-order valence-corrected chi connectivity index (χ1v) is 12.2. The van der Waals surface area contributed by atoms with Crippen molar-refractivity contribution in [3.63, 3.8) is 0 Å². The number of benzene rings is 1. The monoisotopic (exact) mass is 547 g/mol. The molecule has 0 spiro atoms. The fourth-order valence-electron chi connectivity index (χ4n) is 3.32. The average Bonchev–Trinajstić information content (AvgIpc) is 2.93. The highest BCUT2D eigenvalue weighted by molar-refractivity contribution is 5.97. The van der Waals surface area contributed by atoms with Crippen LogP contribution in [0.15, 0.2) is 41.3 Å². The number of carbonyl (C=O) groups is 4. The number of carbonyl (C=O) groups excluding carboxylic acids is 4. The van der Waals surface area contributed by atoms with Crippen molar-refractivity contribution in [1.82, 2.24) is 20.3 Å². The molecular weight excluding hydrogens is 518 g/mol. The van der Waals surface area contributed by atoms with Gasteiger partial charge in [0.1, 0.15) is 6.04 Å². The van der Waals surface area contributed by atoms with Crippen molar-refractivity contribution in [3.8, 4) is 11.8 Å². The number of nitrogens with one attached hydrogen (secondary N) is 3.